The number of ether oxygens (including phenoxy) is 2. The van der Waals surface area contributed by atoms with E-state index in [-0.39, 0.29) is 5.82 Å². The third kappa shape index (κ3) is 4.42. The summed E-state index contributed by atoms with van der Waals surface area (Å²) < 4.78 is 25.0. The highest BCUT2D eigenvalue weighted by molar-refractivity contribution is 5.91. The summed E-state index contributed by atoms with van der Waals surface area (Å²) in [5.41, 5.74) is 2.17. The molecule has 0 saturated carbocycles. The van der Waals surface area contributed by atoms with Crippen molar-refractivity contribution in [2.75, 3.05) is 38.3 Å². The Bertz CT molecular complexity index is 672. The van der Waals surface area contributed by atoms with Crippen LogP contribution in [0.5, 0.6) is 0 Å². The Kier molecular flexibility index (Phi) is 5.99. The minimum Gasteiger partial charge on any atom is -0.384 e. The second-order valence-electron chi connectivity index (χ2n) is 6.36. The van der Waals surface area contributed by atoms with Crippen molar-refractivity contribution in [3.63, 3.8) is 0 Å². The highest BCUT2D eigenvalue weighted by Gasteiger charge is 2.13. The highest BCUT2D eigenvalue weighted by Crippen LogP contribution is 2.25. The molecule has 24 heavy (non-hydrogen) atoms. The van der Waals surface area contributed by atoms with Crippen molar-refractivity contribution in [2.24, 2.45) is 5.92 Å². The molecule has 1 aromatic carbocycles. The first-order valence-corrected chi connectivity index (χ1v) is 8.69. The summed E-state index contributed by atoms with van der Waals surface area (Å²) in [4.78, 5) is 4.30. The molecule has 1 N–H and O–H groups in total. The van der Waals surface area contributed by atoms with Crippen LogP contribution in [-0.4, -0.2) is 38.0 Å². The number of benzene rings is 1. The number of nitrogens with zero attached hydrogens (tertiary/aromatic N) is 1. The van der Waals surface area contributed by atoms with Gasteiger partial charge in [-0.15, -0.1) is 0 Å². The van der Waals surface area contributed by atoms with Crippen LogP contribution in [0.3, 0.4) is 0 Å². The summed E-state index contributed by atoms with van der Waals surface area (Å²) >= 11 is 0. The molecule has 3 rings (SSSR count). The normalized spacial score (nSPS) is 15.8. The van der Waals surface area contributed by atoms with Crippen LogP contribution in [0.25, 0.3) is 10.9 Å². The monoisotopic (exact) mass is 332 g/mol. The number of aryl methyl sites for hydroxylation is 1. The Balaban J connectivity index is 1.46. The fourth-order valence-corrected chi connectivity index (χ4v) is 3.05. The topological polar surface area (TPSA) is 43.4 Å². The quantitative estimate of drug-likeness (QED) is 0.780. The first kappa shape index (κ1) is 17.1. The molecule has 0 bridgehead atoms. The van der Waals surface area contributed by atoms with Gasteiger partial charge in [0.15, 0.2) is 0 Å². The molecule has 5 heteroatoms. The molecule has 1 aliphatic rings. The molecule has 0 radical (unpaired) electrons. The van der Waals surface area contributed by atoms with Gasteiger partial charge in [0.25, 0.3) is 0 Å². The maximum absolute atomic E-state index is 13.9. The molecule has 1 saturated heterocycles. The zero-order chi connectivity index (χ0) is 16.8. The van der Waals surface area contributed by atoms with E-state index in [1.54, 1.807) is 6.07 Å². The molecule has 0 amide bonds. The number of halogens is 1. The average Bonchev–Trinajstić information content (AvgIpc) is 2.59. The predicted octanol–water partition coefficient (Wildman–Crippen LogP) is 3.93. The van der Waals surface area contributed by atoms with Crippen LogP contribution in [0.4, 0.5) is 10.1 Å². The van der Waals surface area contributed by atoms with Gasteiger partial charge in [-0.1, -0.05) is 12.1 Å². The van der Waals surface area contributed by atoms with E-state index in [0.29, 0.717) is 11.4 Å². The van der Waals surface area contributed by atoms with Crippen LogP contribution in [0.1, 0.15) is 25.0 Å². The number of rotatable bonds is 7. The van der Waals surface area contributed by atoms with Crippen LogP contribution in [-0.2, 0) is 9.47 Å². The van der Waals surface area contributed by atoms with Crippen LogP contribution in [0.2, 0.25) is 0 Å². The number of pyridine rings is 1. The van der Waals surface area contributed by atoms with Gasteiger partial charge in [-0.05, 0) is 44.2 Å². The third-order valence-electron chi connectivity index (χ3n) is 4.39. The number of aromatic nitrogens is 1. The lowest BCUT2D eigenvalue weighted by Gasteiger charge is -2.21. The predicted molar refractivity (Wildman–Crippen MR) is 93.9 cm³/mol. The SMILES string of the molecule is Cc1cc(NCCCOCC2CCOCC2)c2cccc(F)c2n1. The fraction of sp³-hybridized carbons (Fsp3) is 0.526. The van der Waals surface area contributed by atoms with Gasteiger partial charge in [0.2, 0.25) is 0 Å². The van der Waals surface area contributed by atoms with Crippen LogP contribution >= 0.6 is 0 Å². The Hall–Kier alpha value is -1.72. The Morgan fingerprint density at radius 3 is 3.00 bits per heavy atom. The molecule has 0 atom stereocenters. The number of fused-ring (bicyclic) bond motifs is 1. The van der Waals surface area contributed by atoms with Crippen molar-refractivity contribution in [2.45, 2.75) is 26.2 Å². The molecule has 130 valence electrons. The summed E-state index contributed by atoms with van der Waals surface area (Å²) in [6, 6.07) is 7.03. The highest BCUT2D eigenvalue weighted by atomic mass is 19.1. The van der Waals surface area contributed by atoms with Gasteiger partial charge in [-0.3, -0.25) is 0 Å². The fourth-order valence-electron chi connectivity index (χ4n) is 3.05. The number of hydrogen-bond donors (Lipinski definition) is 1. The summed E-state index contributed by atoms with van der Waals surface area (Å²) in [7, 11) is 0. The van der Waals surface area contributed by atoms with E-state index in [0.717, 1.165) is 69.0 Å². The van der Waals surface area contributed by atoms with Crippen LogP contribution in [0.15, 0.2) is 24.3 Å². The van der Waals surface area contributed by atoms with E-state index in [1.807, 2.05) is 19.1 Å². The maximum Gasteiger partial charge on any atom is 0.149 e. The molecule has 2 heterocycles. The lowest BCUT2D eigenvalue weighted by molar-refractivity contribution is 0.0206. The van der Waals surface area contributed by atoms with Gasteiger partial charge >= 0.3 is 0 Å². The minimum atomic E-state index is -0.279. The number of hydrogen-bond acceptors (Lipinski definition) is 4. The zero-order valence-corrected chi connectivity index (χ0v) is 14.2. The van der Waals surface area contributed by atoms with E-state index >= 15 is 0 Å². The molecule has 2 aromatic rings. The number of para-hydroxylation sites is 1. The summed E-state index contributed by atoms with van der Waals surface area (Å²) in [6.07, 6.45) is 3.12. The van der Waals surface area contributed by atoms with Crippen LogP contribution in [0, 0.1) is 18.7 Å². The molecule has 0 unspecified atom stereocenters. The van der Waals surface area contributed by atoms with Gasteiger partial charge in [-0.25, -0.2) is 9.37 Å². The molecule has 1 fully saturated rings. The van der Waals surface area contributed by atoms with E-state index in [9.17, 15) is 4.39 Å². The minimum absolute atomic E-state index is 0.279. The maximum atomic E-state index is 13.9. The lowest BCUT2D eigenvalue weighted by Crippen LogP contribution is -2.20. The van der Waals surface area contributed by atoms with E-state index in [1.165, 1.54) is 6.07 Å². The van der Waals surface area contributed by atoms with Crippen molar-refractivity contribution in [3.05, 3.63) is 35.8 Å². The first-order valence-electron chi connectivity index (χ1n) is 8.69. The van der Waals surface area contributed by atoms with Crippen molar-refractivity contribution < 1.29 is 13.9 Å². The Morgan fingerprint density at radius 2 is 2.17 bits per heavy atom. The zero-order valence-electron chi connectivity index (χ0n) is 14.2. The smallest absolute Gasteiger partial charge is 0.149 e. The Labute approximate surface area is 142 Å². The lowest BCUT2D eigenvalue weighted by atomic mass is 10.0. The van der Waals surface area contributed by atoms with Crippen molar-refractivity contribution in [1.29, 1.82) is 0 Å². The van der Waals surface area contributed by atoms with E-state index in [2.05, 4.69) is 10.3 Å². The average molecular weight is 332 g/mol. The van der Waals surface area contributed by atoms with E-state index < -0.39 is 0 Å². The molecular formula is C19H25FN2O2. The van der Waals surface area contributed by atoms with Gasteiger partial charge < -0.3 is 14.8 Å². The largest absolute Gasteiger partial charge is 0.384 e. The standard InChI is InChI=1S/C19H25FN2O2/c1-14-12-18(16-4-2-5-17(20)19(16)22-14)21-8-3-9-24-13-15-6-10-23-11-7-15/h2,4-5,12,15H,3,6-11,13H2,1H3,(H,21,22). The molecule has 0 spiro atoms. The molecular weight excluding hydrogens is 307 g/mol. The van der Waals surface area contributed by atoms with Gasteiger partial charge in [-0.2, -0.15) is 0 Å². The van der Waals surface area contributed by atoms with Gasteiger partial charge in [0, 0.05) is 49.7 Å². The summed E-state index contributed by atoms with van der Waals surface area (Å²) in [6.45, 7) is 5.96. The van der Waals surface area contributed by atoms with Crippen LogP contribution < -0.4 is 5.32 Å². The first-order chi connectivity index (χ1) is 11.7. The van der Waals surface area contributed by atoms with Gasteiger partial charge in [0.05, 0.1) is 0 Å². The van der Waals surface area contributed by atoms with E-state index in [4.69, 9.17) is 9.47 Å². The number of anilines is 1. The molecule has 1 aromatic heterocycles. The van der Waals surface area contributed by atoms with Crippen molar-refractivity contribution >= 4 is 16.6 Å². The summed E-state index contributed by atoms with van der Waals surface area (Å²) in [5, 5.41) is 4.21. The summed E-state index contributed by atoms with van der Waals surface area (Å²) in [5.74, 6) is 0.362. The second kappa shape index (κ2) is 8.40. The Morgan fingerprint density at radius 1 is 1.33 bits per heavy atom. The van der Waals surface area contributed by atoms with Crippen molar-refractivity contribution in [1.82, 2.24) is 4.98 Å². The molecule has 0 aliphatic carbocycles. The molecule has 1 aliphatic heterocycles. The molecule has 4 nitrogen and oxygen atoms in total. The van der Waals surface area contributed by atoms with Crippen molar-refractivity contribution in [3.8, 4) is 0 Å². The van der Waals surface area contributed by atoms with Gasteiger partial charge in [0.1, 0.15) is 11.3 Å². The second-order valence-corrected chi connectivity index (χ2v) is 6.36. The number of nitrogens with one attached hydrogen (secondary N) is 1. The third-order valence-corrected chi connectivity index (χ3v) is 4.39.